The molecule has 5 heteroatoms. The van der Waals surface area contributed by atoms with E-state index in [-0.39, 0.29) is 6.67 Å². The summed E-state index contributed by atoms with van der Waals surface area (Å²) in [5.41, 5.74) is 1.97. The van der Waals surface area contributed by atoms with E-state index in [9.17, 15) is 0 Å². The van der Waals surface area contributed by atoms with Crippen LogP contribution in [-0.4, -0.2) is 15.0 Å². The molecule has 2 aromatic rings. The van der Waals surface area contributed by atoms with Gasteiger partial charge in [0.05, 0.1) is 12.1 Å². The van der Waals surface area contributed by atoms with Crippen molar-refractivity contribution in [2.75, 3.05) is 0 Å². The van der Waals surface area contributed by atoms with Gasteiger partial charge < -0.3 is 0 Å². The highest BCUT2D eigenvalue weighted by atomic mass is 15.4. The molecule has 0 amide bonds. The maximum absolute atomic E-state index is 6.83. The van der Waals surface area contributed by atoms with Crippen LogP contribution in [0.5, 0.6) is 0 Å². The van der Waals surface area contributed by atoms with Crippen molar-refractivity contribution in [2.24, 2.45) is 0 Å². The molecule has 0 N–H and O–H groups in total. The number of hydrogen-bond acceptors (Lipinski definition) is 2. The van der Waals surface area contributed by atoms with Gasteiger partial charge in [0, 0.05) is 0 Å². The third-order valence-corrected chi connectivity index (χ3v) is 1.83. The average Bonchev–Trinajstić information content (AvgIpc) is 2.61. The van der Waals surface area contributed by atoms with Crippen LogP contribution in [0, 0.1) is 13.1 Å². The monoisotopic (exact) mass is 183 g/mol. The fourth-order valence-electron chi connectivity index (χ4n) is 1.20. The molecule has 1 aromatic heterocycles. The van der Waals surface area contributed by atoms with Gasteiger partial charge in [0.1, 0.15) is 5.52 Å². The van der Waals surface area contributed by atoms with Crippen molar-refractivity contribution >= 4 is 16.7 Å². The van der Waals surface area contributed by atoms with E-state index in [0.717, 1.165) is 5.52 Å². The van der Waals surface area contributed by atoms with Gasteiger partial charge in [-0.05, 0) is 12.1 Å². The summed E-state index contributed by atoms with van der Waals surface area (Å²) in [6, 6.07) is 5.11. The predicted molar refractivity (Wildman–Crippen MR) is 50.4 cm³/mol. The highest BCUT2D eigenvalue weighted by Crippen LogP contribution is 2.18. The topological polar surface area (TPSA) is 39.4 Å². The molecule has 0 unspecified atom stereocenters. The summed E-state index contributed by atoms with van der Waals surface area (Å²) in [5.74, 6) is 0. The quantitative estimate of drug-likeness (QED) is 0.633. The van der Waals surface area contributed by atoms with E-state index in [2.05, 4.69) is 20.0 Å². The van der Waals surface area contributed by atoms with Crippen LogP contribution in [-0.2, 0) is 6.67 Å². The third kappa shape index (κ3) is 1.17. The first kappa shape index (κ1) is 8.21. The average molecular weight is 183 g/mol. The Morgan fingerprint density at radius 1 is 1.36 bits per heavy atom. The largest absolute Gasteiger partial charge is 0.309 e. The molecule has 0 atom stereocenters. The van der Waals surface area contributed by atoms with Gasteiger partial charge >= 0.3 is 6.67 Å². The Balaban J connectivity index is 2.62. The lowest BCUT2D eigenvalue weighted by Crippen LogP contribution is -1.95. The zero-order valence-electron chi connectivity index (χ0n) is 7.18. The van der Waals surface area contributed by atoms with Crippen molar-refractivity contribution in [3.63, 3.8) is 0 Å². The highest BCUT2D eigenvalue weighted by Gasteiger charge is 2.05. The number of rotatable bonds is 1. The van der Waals surface area contributed by atoms with Crippen LogP contribution in [0.15, 0.2) is 18.2 Å². The molecule has 0 radical (unpaired) electrons. The van der Waals surface area contributed by atoms with Crippen molar-refractivity contribution in [1.29, 1.82) is 0 Å². The Labute approximate surface area is 80.2 Å². The number of hydrogen-bond donors (Lipinski definition) is 0. The van der Waals surface area contributed by atoms with Gasteiger partial charge in [0.25, 0.3) is 0 Å². The van der Waals surface area contributed by atoms with Crippen LogP contribution in [0.3, 0.4) is 0 Å². The van der Waals surface area contributed by atoms with Crippen LogP contribution in [0.4, 0.5) is 5.69 Å². The third-order valence-electron chi connectivity index (χ3n) is 1.83. The van der Waals surface area contributed by atoms with Crippen LogP contribution in [0.25, 0.3) is 20.7 Å². The standard InChI is InChI=1S/C9H5N5/c1-10-6-14-9-4-3-7(11-2)5-8(9)12-13-14/h3-5H,6H2. The second-order valence-corrected chi connectivity index (χ2v) is 2.67. The minimum absolute atomic E-state index is 0.161. The molecule has 14 heavy (non-hydrogen) atoms. The summed E-state index contributed by atoms with van der Waals surface area (Å²) in [6.45, 7) is 13.7. The summed E-state index contributed by atoms with van der Waals surface area (Å²) in [6.07, 6.45) is 0. The van der Waals surface area contributed by atoms with E-state index in [1.165, 1.54) is 4.68 Å². The maximum atomic E-state index is 6.83. The van der Waals surface area contributed by atoms with Crippen molar-refractivity contribution in [1.82, 2.24) is 15.0 Å². The van der Waals surface area contributed by atoms with Crippen LogP contribution >= 0.6 is 0 Å². The van der Waals surface area contributed by atoms with Gasteiger partial charge in [0.15, 0.2) is 5.69 Å². The van der Waals surface area contributed by atoms with E-state index in [4.69, 9.17) is 13.1 Å². The van der Waals surface area contributed by atoms with Gasteiger partial charge in [-0.25, -0.2) is 11.4 Å². The Kier molecular flexibility index (Phi) is 1.85. The van der Waals surface area contributed by atoms with Gasteiger partial charge in [-0.1, -0.05) is 11.3 Å². The molecule has 66 valence electrons. The van der Waals surface area contributed by atoms with Gasteiger partial charge in [-0.2, -0.15) is 4.68 Å². The number of aromatic nitrogens is 3. The lowest BCUT2D eigenvalue weighted by atomic mass is 10.3. The summed E-state index contributed by atoms with van der Waals surface area (Å²) >= 11 is 0. The molecule has 1 aromatic carbocycles. The number of fused-ring (bicyclic) bond motifs is 1. The van der Waals surface area contributed by atoms with Crippen LogP contribution in [0.1, 0.15) is 0 Å². The van der Waals surface area contributed by atoms with Crippen molar-refractivity contribution in [3.05, 3.63) is 41.0 Å². The Bertz CT molecular complexity index is 555. The molecule has 5 nitrogen and oxygen atoms in total. The summed E-state index contributed by atoms with van der Waals surface area (Å²) in [7, 11) is 0. The molecule has 0 aliphatic heterocycles. The molecule has 0 spiro atoms. The van der Waals surface area contributed by atoms with Gasteiger partial charge in [-0.3, -0.25) is 4.85 Å². The summed E-state index contributed by atoms with van der Waals surface area (Å²) in [5, 5.41) is 7.68. The molecule has 0 saturated heterocycles. The minimum Gasteiger partial charge on any atom is -0.291 e. The van der Waals surface area contributed by atoms with Crippen LogP contribution in [0.2, 0.25) is 0 Å². The SMILES string of the molecule is [C-]#[N+]Cn1nnc2cc([N+]#[C-])ccc21. The molecule has 2 rings (SSSR count). The first-order valence-corrected chi connectivity index (χ1v) is 3.89. The van der Waals surface area contributed by atoms with E-state index in [1.54, 1.807) is 18.2 Å². The molecular formula is C9H5N5. The Morgan fingerprint density at radius 2 is 2.21 bits per heavy atom. The Morgan fingerprint density at radius 3 is 2.93 bits per heavy atom. The molecule has 0 fully saturated rings. The molecular weight excluding hydrogens is 178 g/mol. The first-order valence-electron chi connectivity index (χ1n) is 3.89. The predicted octanol–water partition coefficient (Wildman–Crippen LogP) is 1.86. The molecule has 1 heterocycles. The summed E-state index contributed by atoms with van der Waals surface area (Å²) < 4.78 is 1.51. The smallest absolute Gasteiger partial charge is 0.291 e. The summed E-state index contributed by atoms with van der Waals surface area (Å²) in [4.78, 5) is 6.51. The van der Waals surface area contributed by atoms with E-state index >= 15 is 0 Å². The van der Waals surface area contributed by atoms with Crippen molar-refractivity contribution < 1.29 is 0 Å². The zero-order valence-corrected chi connectivity index (χ0v) is 7.18. The van der Waals surface area contributed by atoms with Crippen molar-refractivity contribution in [3.8, 4) is 0 Å². The highest BCUT2D eigenvalue weighted by molar-refractivity contribution is 5.78. The zero-order chi connectivity index (χ0) is 9.97. The normalized spacial score (nSPS) is 9.57. The van der Waals surface area contributed by atoms with Crippen molar-refractivity contribution in [2.45, 2.75) is 6.67 Å². The molecule has 0 aliphatic rings. The van der Waals surface area contributed by atoms with E-state index < -0.39 is 0 Å². The lowest BCUT2D eigenvalue weighted by molar-refractivity contribution is 0.680. The second kappa shape index (κ2) is 3.15. The fraction of sp³-hybridized carbons (Fsp3) is 0.111. The van der Waals surface area contributed by atoms with Gasteiger partial charge in [0.2, 0.25) is 0 Å². The lowest BCUT2D eigenvalue weighted by Gasteiger charge is -1.91. The van der Waals surface area contributed by atoms with E-state index in [0.29, 0.717) is 11.2 Å². The Hall–Kier alpha value is -2.40. The number of benzene rings is 1. The molecule has 0 saturated carbocycles. The minimum atomic E-state index is 0.161. The fourth-order valence-corrected chi connectivity index (χ4v) is 1.20. The maximum Gasteiger partial charge on any atom is 0.309 e. The second-order valence-electron chi connectivity index (χ2n) is 2.67. The van der Waals surface area contributed by atoms with Gasteiger partial charge in [-0.15, -0.1) is 5.10 Å². The van der Waals surface area contributed by atoms with Crippen LogP contribution < -0.4 is 0 Å². The first-order chi connectivity index (χ1) is 6.85. The molecule has 0 aliphatic carbocycles. The van der Waals surface area contributed by atoms with E-state index in [1.807, 2.05) is 0 Å². The number of nitrogens with zero attached hydrogens (tertiary/aromatic N) is 5. The molecule has 0 bridgehead atoms.